The zero-order valence-electron chi connectivity index (χ0n) is 9.55. The highest BCUT2D eigenvalue weighted by molar-refractivity contribution is 6.32. The number of alkyl halides is 3. The van der Waals surface area contributed by atoms with E-state index in [2.05, 4.69) is 10.1 Å². The van der Waals surface area contributed by atoms with Crippen LogP contribution in [0.1, 0.15) is 11.3 Å². The van der Waals surface area contributed by atoms with Crippen molar-refractivity contribution in [3.63, 3.8) is 0 Å². The van der Waals surface area contributed by atoms with E-state index in [-0.39, 0.29) is 16.5 Å². The predicted molar refractivity (Wildman–Crippen MR) is 63.3 cm³/mol. The highest BCUT2D eigenvalue weighted by Gasteiger charge is 2.32. The Morgan fingerprint density at radius 3 is 2.53 bits per heavy atom. The van der Waals surface area contributed by atoms with Gasteiger partial charge >= 0.3 is 6.18 Å². The zero-order chi connectivity index (χ0) is 14.4. The number of rotatable bonds is 1. The Morgan fingerprint density at radius 2 is 2.11 bits per heavy atom. The van der Waals surface area contributed by atoms with Gasteiger partial charge in [0, 0.05) is 6.20 Å². The van der Waals surface area contributed by atoms with Crippen LogP contribution in [0, 0.1) is 6.92 Å². The first-order valence-electron chi connectivity index (χ1n) is 5.02. The third-order valence-electron chi connectivity index (χ3n) is 2.48. The Hall–Kier alpha value is -1.96. The van der Waals surface area contributed by atoms with Gasteiger partial charge in [-0.15, -0.1) is 0 Å². The van der Waals surface area contributed by atoms with E-state index in [0.29, 0.717) is 18.0 Å². The molecule has 102 valence electrons. The minimum atomic E-state index is -4.55. The number of halogens is 4. The molecule has 0 saturated heterocycles. The van der Waals surface area contributed by atoms with Gasteiger partial charge in [0.15, 0.2) is 5.82 Å². The molecule has 2 rings (SSSR count). The molecule has 0 spiro atoms. The number of pyridine rings is 1. The molecule has 0 aliphatic heterocycles. The maximum atomic E-state index is 12.5. The number of hydrogen-bond donors (Lipinski definition) is 2. The highest BCUT2D eigenvalue weighted by Crippen LogP contribution is 2.31. The fourth-order valence-corrected chi connectivity index (χ4v) is 1.71. The van der Waals surface area contributed by atoms with Crippen LogP contribution in [0.4, 0.5) is 18.9 Å². The van der Waals surface area contributed by atoms with Crippen molar-refractivity contribution in [1.29, 1.82) is 0 Å². The second kappa shape index (κ2) is 4.30. The quantitative estimate of drug-likeness (QED) is 0.845. The lowest BCUT2D eigenvalue weighted by Crippen LogP contribution is -2.18. The SMILES string of the molecule is Cc1[nH]n(-c2ncc(C(F)(F)F)cc2Cl)c(=O)c1N. The van der Waals surface area contributed by atoms with Gasteiger partial charge in [0.1, 0.15) is 5.69 Å². The van der Waals surface area contributed by atoms with Crippen molar-refractivity contribution in [2.75, 3.05) is 5.73 Å². The number of aromatic nitrogens is 3. The van der Waals surface area contributed by atoms with Crippen LogP contribution in [0.15, 0.2) is 17.1 Å². The molecule has 3 N–H and O–H groups in total. The van der Waals surface area contributed by atoms with E-state index in [0.717, 1.165) is 4.68 Å². The van der Waals surface area contributed by atoms with Gasteiger partial charge in [-0.1, -0.05) is 11.6 Å². The topological polar surface area (TPSA) is 76.7 Å². The van der Waals surface area contributed by atoms with Crippen LogP contribution in [0.5, 0.6) is 0 Å². The van der Waals surface area contributed by atoms with Crippen molar-refractivity contribution in [2.45, 2.75) is 13.1 Å². The third-order valence-corrected chi connectivity index (χ3v) is 2.76. The number of nitrogens with two attached hydrogens (primary N) is 1. The average molecular weight is 293 g/mol. The van der Waals surface area contributed by atoms with E-state index < -0.39 is 17.3 Å². The first-order valence-corrected chi connectivity index (χ1v) is 5.40. The maximum absolute atomic E-state index is 12.5. The lowest BCUT2D eigenvalue weighted by Gasteiger charge is -2.08. The number of H-pyrrole nitrogens is 1. The van der Waals surface area contributed by atoms with Gasteiger partial charge in [0.05, 0.1) is 16.3 Å². The van der Waals surface area contributed by atoms with Gasteiger partial charge in [0.25, 0.3) is 5.56 Å². The predicted octanol–water partition coefficient (Wildman–Crippen LogP) is 2.12. The monoisotopic (exact) mass is 292 g/mol. The highest BCUT2D eigenvalue weighted by atomic mass is 35.5. The molecule has 2 aromatic rings. The van der Waals surface area contributed by atoms with Crippen molar-refractivity contribution in [3.05, 3.63) is 38.9 Å². The van der Waals surface area contributed by atoms with Crippen LogP contribution >= 0.6 is 11.6 Å². The molecule has 0 aromatic carbocycles. The first-order chi connectivity index (χ1) is 8.71. The van der Waals surface area contributed by atoms with Gasteiger partial charge in [0.2, 0.25) is 0 Å². The molecule has 9 heteroatoms. The molecule has 0 unspecified atom stereocenters. The molecule has 0 atom stereocenters. The number of nitrogen functional groups attached to an aromatic ring is 1. The van der Waals surface area contributed by atoms with Crippen LogP contribution in [-0.2, 0) is 6.18 Å². The molecule has 0 fully saturated rings. The standard InChI is InChI=1S/C10H8ClF3N4O/c1-4-7(15)9(19)18(17-4)8-6(11)2-5(3-16-8)10(12,13)14/h2-3,17H,15H2,1H3. The zero-order valence-corrected chi connectivity index (χ0v) is 10.3. The molecule has 5 nitrogen and oxygen atoms in total. The van der Waals surface area contributed by atoms with Crippen LogP contribution < -0.4 is 11.3 Å². The summed E-state index contributed by atoms with van der Waals surface area (Å²) in [7, 11) is 0. The Labute approximate surface area is 109 Å². The maximum Gasteiger partial charge on any atom is 0.417 e. The van der Waals surface area contributed by atoms with E-state index in [9.17, 15) is 18.0 Å². The number of hydrogen-bond acceptors (Lipinski definition) is 3. The second-order valence-corrected chi connectivity index (χ2v) is 4.23. The molecule has 0 aliphatic rings. The number of nitrogens with one attached hydrogen (secondary N) is 1. The van der Waals surface area contributed by atoms with Gasteiger partial charge in [-0.25, -0.2) is 4.98 Å². The van der Waals surface area contributed by atoms with E-state index in [1.807, 2.05) is 0 Å². The van der Waals surface area contributed by atoms with Crippen molar-refractivity contribution < 1.29 is 13.2 Å². The Morgan fingerprint density at radius 1 is 1.47 bits per heavy atom. The molecule has 19 heavy (non-hydrogen) atoms. The minimum Gasteiger partial charge on any atom is -0.393 e. The third kappa shape index (κ3) is 2.30. The number of nitrogens with zero attached hydrogens (tertiary/aromatic N) is 2. The van der Waals surface area contributed by atoms with Crippen molar-refractivity contribution in [1.82, 2.24) is 14.8 Å². The Balaban J connectivity index is 2.59. The molecule has 0 aliphatic carbocycles. The van der Waals surface area contributed by atoms with E-state index in [1.165, 1.54) is 0 Å². The van der Waals surface area contributed by atoms with Gasteiger partial charge in [-0.3, -0.25) is 9.89 Å². The second-order valence-electron chi connectivity index (χ2n) is 3.82. The van der Waals surface area contributed by atoms with Crippen molar-refractivity contribution >= 4 is 17.3 Å². The largest absolute Gasteiger partial charge is 0.417 e. The van der Waals surface area contributed by atoms with Gasteiger partial charge in [-0.05, 0) is 13.0 Å². The Bertz CT molecular complexity index is 689. The summed E-state index contributed by atoms with van der Waals surface area (Å²) in [6.45, 7) is 1.55. The summed E-state index contributed by atoms with van der Waals surface area (Å²) in [5.74, 6) is -0.139. The number of aromatic amines is 1. The summed E-state index contributed by atoms with van der Waals surface area (Å²) < 4.78 is 38.3. The fraction of sp³-hybridized carbons (Fsp3) is 0.200. The summed E-state index contributed by atoms with van der Waals surface area (Å²) in [4.78, 5) is 15.3. The molecule has 0 radical (unpaired) electrons. The fourth-order valence-electron chi connectivity index (χ4n) is 1.46. The molecule has 0 saturated carbocycles. The molecular weight excluding hydrogens is 285 g/mol. The smallest absolute Gasteiger partial charge is 0.393 e. The molecule has 0 amide bonds. The summed E-state index contributed by atoms with van der Waals surface area (Å²) in [6, 6.07) is 0.697. The minimum absolute atomic E-state index is 0.0437. The summed E-state index contributed by atoms with van der Waals surface area (Å²) in [5.41, 5.74) is 4.19. The lowest BCUT2D eigenvalue weighted by atomic mass is 10.3. The van der Waals surface area contributed by atoms with Crippen LogP contribution in [0.25, 0.3) is 5.82 Å². The van der Waals surface area contributed by atoms with E-state index >= 15 is 0 Å². The van der Waals surface area contributed by atoms with Crippen LogP contribution in [0.2, 0.25) is 5.02 Å². The molecule has 0 bridgehead atoms. The first kappa shape index (κ1) is 13.5. The number of anilines is 1. The summed E-state index contributed by atoms with van der Waals surface area (Å²) in [6.07, 6.45) is -3.95. The van der Waals surface area contributed by atoms with Crippen LogP contribution in [-0.4, -0.2) is 14.8 Å². The van der Waals surface area contributed by atoms with E-state index in [1.54, 1.807) is 6.92 Å². The van der Waals surface area contributed by atoms with Crippen molar-refractivity contribution in [3.8, 4) is 5.82 Å². The number of aryl methyl sites for hydroxylation is 1. The lowest BCUT2D eigenvalue weighted by molar-refractivity contribution is -0.137. The van der Waals surface area contributed by atoms with Crippen LogP contribution in [0.3, 0.4) is 0 Å². The Kier molecular flexibility index (Phi) is 3.05. The summed E-state index contributed by atoms with van der Waals surface area (Å²) in [5, 5.41) is 2.27. The molecule has 2 heterocycles. The van der Waals surface area contributed by atoms with E-state index in [4.69, 9.17) is 17.3 Å². The van der Waals surface area contributed by atoms with Gasteiger partial charge < -0.3 is 5.73 Å². The average Bonchev–Trinajstić information content (AvgIpc) is 2.56. The molecule has 2 aromatic heterocycles. The molecular formula is C10H8ClF3N4O. The summed E-state index contributed by atoms with van der Waals surface area (Å²) >= 11 is 5.72. The van der Waals surface area contributed by atoms with Crippen molar-refractivity contribution in [2.24, 2.45) is 0 Å². The van der Waals surface area contributed by atoms with Gasteiger partial charge in [-0.2, -0.15) is 17.9 Å². The normalized spacial score (nSPS) is 11.8.